The van der Waals surface area contributed by atoms with Crippen molar-refractivity contribution in [1.29, 1.82) is 0 Å². The Bertz CT molecular complexity index is 780. The Labute approximate surface area is 160 Å². The highest BCUT2D eigenvalue weighted by Gasteiger charge is 2.12. The summed E-state index contributed by atoms with van der Waals surface area (Å²) in [6, 6.07) is 15.7. The third-order valence-electron chi connectivity index (χ3n) is 4.93. The van der Waals surface area contributed by atoms with Crippen LogP contribution in [0.15, 0.2) is 48.5 Å². The van der Waals surface area contributed by atoms with Gasteiger partial charge in [0.25, 0.3) is 0 Å². The van der Waals surface area contributed by atoms with E-state index >= 15 is 0 Å². The van der Waals surface area contributed by atoms with Gasteiger partial charge in [0.05, 0.1) is 0 Å². The zero-order chi connectivity index (χ0) is 19.1. The molecular weight excluding hydrogens is 338 g/mol. The SMILES string of the molecule is Cc1ccccc1CNC(=O)CC(=O)Nc1ccc(N2CCCCC2)cc1. The number of aryl methyl sites for hydroxylation is 1. The number of nitrogens with zero attached hydrogens (tertiary/aromatic N) is 1. The van der Waals surface area contributed by atoms with Gasteiger partial charge >= 0.3 is 0 Å². The fourth-order valence-electron chi connectivity index (χ4n) is 3.32. The lowest BCUT2D eigenvalue weighted by atomic mass is 10.1. The number of rotatable bonds is 6. The van der Waals surface area contributed by atoms with Gasteiger partial charge in [0.15, 0.2) is 0 Å². The largest absolute Gasteiger partial charge is 0.372 e. The molecule has 2 aromatic carbocycles. The Morgan fingerprint density at radius 1 is 0.926 bits per heavy atom. The molecule has 1 aliphatic heterocycles. The normalized spacial score (nSPS) is 13.9. The van der Waals surface area contributed by atoms with Crippen molar-refractivity contribution in [2.75, 3.05) is 23.3 Å². The van der Waals surface area contributed by atoms with E-state index in [9.17, 15) is 9.59 Å². The van der Waals surface area contributed by atoms with E-state index in [-0.39, 0.29) is 18.2 Å². The molecule has 0 bridgehead atoms. The summed E-state index contributed by atoms with van der Waals surface area (Å²) in [5, 5.41) is 5.60. The number of carbonyl (C=O) groups is 2. The van der Waals surface area contributed by atoms with Gasteiger partial charge in [-0.25, -0.2) is 0 Å². The molecule has 0 saturated carbocycles. The molecule has 1 heterocycles. The minimum Gasteiger partial charge on any atom is -0.372 e. The summed E-state index contributed by atoms with van der Waals surface area (Å²) in [6.07, 6.45) is 3.59. The lowest BCUT2D eigenvalue weighted by molar-refractivity contribution is -0.126. The van der Waals surface area contributed by atoms with Crippen LogP contribution in [0.1, 0.15) is 36.8 Å². The number of hydrogen-bond donors (Lipinski definition) is 2. The van der Waals surface area contributed by atoms with E-state index in [1.165, 1.54) is 24.9 Å². The van der Waals surface area contributed by atoms with E-state index in [2.05, 4.69) is 15.5 Å². The molecule has 2 aromatic rings. The van der Waals surface area contributed by atoms with Crippen molar-refractivity contribution < 1.29 is 9.59 Å². The number of amides is 2. The molecule has 0 unspecified atom stereocenters. The van der Waals surface area contributed by atoms with E-state index in [0.29, 0.717) is 12.2 Å². The lowest BCUT2D eigenvalue weighted by Gasteiger charge is -2.28. The maximum Gasteiger partial charge on any atom is 0.233 e. The molecular formula is C22H27N3O2. The first-order valence-electron chi connectivity index (χ1n) is 9.58. The molecule has 1 saturated heterocycles. The molecule has 5 heteroatoms. The first-order valence-corrected chi connectivity index (χ1v) is 9.58. The summed E-state index contributed by atoms with van der Waals surface area (Å²) in [5.41, 5.74) is 4.08. The summed E-state index contributed by atoms with van der Waals surface area (Å²) in [5.74, 6) is -0.580. The Hall–Kier alpha value is -2.82. The predicted octanol–water partition coefficient (Wildman–Crippen LogP) is 3.63. The van der Waals surface area contributed by atoms with Crippen LogP contribution < -0.4 is 15.5 Å². The van der Waals surface area contributed by atoms with Crippen LogP contribution in [-0.2, 0) is 16.1 Å². The van der Waals surface area contributed by atoms with Crippen LogP contribution in [0.2, 0.25) is 0 Å². The molecule has 5 nitrogen and oxygen atoms in total. The predicted molar refractivity (Wildman–Crippen MR) is 109 cm³/mol. The minimum atomic E-state index is -0.303. The van der Waals surface area contributed by atoms with Gasteiger partial charge in [-0.05, 0) is 61.6 Å². The first kappa shape index (κ1) is 19.0. The van der Waals surface area contributed by atoms with Gasteiger partial charge in [0, 0.05) is 31.0 Å². The third-order valence-corrected chi connectivity index (χ3v) is 4.93. The molecule has 27 heavy (non-hydrogen) atoms. The number of carbonyl (C=O) groups excluding carboxylic acids is 2. The molecule has 0 aromatic heterocycles. The van der Waals surface area contributed by atoms with Crippen LogP contribution in [0.5, 0.6) is 0 Å². The number of benzene rings is 2. The van der Waals surface area contributed by atoms with Crippen molar-refractivity contribution >= 4 is 23.2 Å². The molecule has 2 N–H and O–H groups in total. The maximum absolute atomic E-state index is 12.1. The van der Waals surface area contributed by atoms with E-state index in [4.69, 9.17) is 0 Å². The van der Waals surface area contributed by atoms with Crippen molar-refractivity contribution in [3.05, 3.63) is 59.7 Å². The number of anilines is 2. The van der Waals surface area contributed by atoms with Gasteiger partial charge < -0.3 is 15.5 Å². The zero-order valence-electron chi connectivity index (χ0n) is 15.8. The average Bonchev–Trinajstić information content (AvgIpc) is 2.68. The van der Waals surface area contributed by atoms with Crippen LogP contribution in [-0.4, -0.2) is 24.9 Å². The van der Waals surface area contributed by atoms with Gasteiger partial charge in [-0.15, -0.1) is 0 Å². The smallest absolute Gasteiger partial charge is 0.233 e. The second-order valence-electron chi connectivity index (χ2n) is 7.02. The van der Waals surface area contributed by atoms with Gasteiger partial charge in [-0.2, -0.15) is 0 Å². The van der Waals surface area contributed by atoms with Gasteiger partial charge in [0.1, 0.15) is 6.42 Å². The molecule has 0 atom stereocenters. The summed E-state index contributed by atoms with van der Waals surface area (Å²) in [4.78, 5) is 26.5. The fourth-order valence-corrected chi connectivity index (χ4v) is 3.32. The number of piperidine rings is 1. The first-order chi connectivity index (χ1) is 13.1. The second-order valence-corrected chi connectivity index (χ2v) is 7.02. The van der Waals surface area contributed by atoms with Crippen LogP contribution in [0.4, 0.5) is 11.4 Å². The second kappa shape index (κ2) is 9.21. The van der Waals surface area contributed by atoms with Crippen LogP contribution in [0, 0.1) is 6.92 Å². The summed E-state index contributed by atoms with van der Waals surface area (Å²) >= 11 is 0. The monoisotopic (exact) mass is 365 g/mol. The summed E-state index contributed by atoms with van der Waals surface area (Å²) < 4.78 is 0. The highest BCUT2D eigenvalue weighted by atomic mass is 16.2. The molecule has 1 fully saturated rings. The topological polar surface area (TPSA) is 61.4 Å². The van der Waals surface area contributed by atoms with E-state index < -0.39 is 0 Å². The van der Waals surface area contributed by atoms with Gasteiger partial charge in [0.2, 0.25) is 11.8 Å². The van der Waals surface area contributed by atoms with E-state index in [1.807, 2.05) is 55.5 Å². The molecule has 0 spiro atoms. The van der Waals surface area contributed by atoms with Crippen LogP contribution >= 0.6 is 0 Å². The minimum absolute atomic E-state index is 0.181. The fraction of sp³-hybridized carbons (Fsp3) is 0.364. The van der Waals surface area contributed by atoms with Crippen molar-refractivity contribution in [1.82, 2.24) is 5.32 Å². The molecule has 1 aliphatic rings. The quantitative estimate of drug-likeness (QED) is 0.769. The molecule has 142 valence electrons. The van der Waals surface area contributed by atoms with Crippen molar-refractivity contribution in [2.24, 2.45) is 0 Å². The van der Waals surface area contributed by atoms with E-state index in [0.717, 1.165) is 24.2 Å². The lowest BCUT2D eigenvalue weighted by Crippen LogP contribution is -2.29. The Balaban J connectivity index is 1.45. The number of hydrogen-bond acceptors (Lipinski definition) is 3. The van der Waals surface area contributed by atoms with Crippen molar-refractivity contribution in [3.8, 4) is 0 Å². The highest BCUT2D eigenvalue weighted by molar-refractivity contribution is 6.03. The van der Waals surface area contributed by atoms with Crippen molar-refractivity contribution in [2.45, 2.75) is 39.2 Å². The standard InChI is InChI=1S/C22H27N3O2/c1-17-7-3-4-8-18(17)16-23-21(26)15-22(27)24-19-9-11-20(12-10-19)25-13-5-2-6-14-25/h3-4,7-12H,2,5-6,13-16H2,1H3,(H,23,26)(H,24,27). The number of nitrogens with one attached hydrogen (secondary N) is 2. The highest BCUT2D eigenvalue weighted by Crippen LogP contribution is 2.21. The Morgan fingerprint density at radius 2 is 1.63 bits per heavy atom. The van der Waals surface area contributed by atoms with Gasteiger partial charge in [-0.1, -0.05) is 24.3 Å². The van der Waals surface area contributed by atoms with Crippen LogP contribution in [0.25, 0.3) is 0 Å². The molecule has 3 rings (SSSR count). The summed E-state index contributed by atoms with van der Waals surface area (Å²) in [6.45, 7) is 4.62. The van der Waals surface area contributed by atoms with E-state index in [1.54, 1.807) is 0 Å². The summed E-state index contributed by atoms with van der Waals surface area (Å²) in [7, 11) is 0. The van der Waals surface area contributed by atoms with Crippen LogP contribution in [0.3, 0.4) is 0 Å². The average molecular weight is 365 g/mol. The van der Waals surface area contributed by atoms with Gasteiger partial charge in [-0.3, -0.25) is 9.59 Å². The zero-order valence-corrected chi connectivity index (χ0v) is 15.8. The molecule has 0 radical (unpaired) electrons. The van der Waals surface area contributed by atoms with Crippen molar-refractivity contribution in [3.63, 3.8) is 0 Å². The molecule has 2 amide bonds. The molecule has 0 aliphatic carbocycles. The Kier molecular flexibility index (Phi) is 6.47. The third kappa shape index (κ3) is 5.58. The maximum atomic E-state index is 12.1. The Morgan fingerprint density at radius 3 is 2.33 bits per heavy atom.